The number of hydrogen-bond acceptors (Lipinski definition) is 6. The van der Waals surface area contributed by atoms with Gasteiger partial charge in [0, 0.05) is 31.7 Å². The average Bonchev–Trinajstić information content (AvgIpc) is 2.89. The third-order valence-electron chi connectivity index (χ3n) is 8.66. The Morgan fingerprint density at radius 2 is 1.76 bits per heavy atom. The first-order valence-corrected chi connectivity index (χ1v) is 15.2. The Balaban J connectivity index is 1.36. The number of nitrogens with one attached hydrogen (secondary N) is 1. The Kier molecular flexibility index (Phi) is 9.33. The first kappa shape index (κ1) is 31.5. The zero-order valence-electron chi connectivity index (χ0n) is 26.5. The van der Waals surface area contributed by atoms with Crippen LogP contribution in [0, 0.1) is 10.8 Å². The molecule has 230 valence electrons. The molecule has 2 fully saturated rings. The van der Waals surface area contributed by atoms with Crippen molar-refractivity contribution in [2.24, 2.45) is 10.8 Å². The van der Waals surface area contributed by atoms with Crippen LogP contribution in [-0.4, -0.2) is 52.8 Å². The van der Waals surface area contributed by atoms with E-state index in [4.69, 9.17) is 15.2 Å². The van der Waals surface area contributed by atoms with E-state index in [0.29, 0.717) is 18.3 Å². The highest BCUT2D eigenvalue weighted by atomic mass is 16.6. The smallest absolute Gasteiger partial charge is 0.410 e. The molecule has 1 saturated heterocycles. The van der Waals surface area contributed by atoms with Gasteiger partial charge in [-0.05, 0) is 87.5 Å². The molecule has 2 aliphatic rings. The van der Waals surface area contributed by atoms with Crippen LogP contribution in [0.4, 0.5) is 21.0 Å². The minimum atomic E-state index is -0.487. The van der Waals surface area contributed by atoms with Crippen LogP contribution in [0.25, 0.3) is 0 Å². The number of nitrogen functional groups attached to an aromatic ring is 1. The van der Waals surface area contributed by atoms with Gasteiger partial charge in [-0.15, -0.1) is 0 Å². The van der Waals surface area contributed by atoms with Crippen molar-refractivity contribution < 1.29 is 19.1 Å². The lowest BCUT2D eigenvalue weighted by atomic mass is 9.61. The van der Waals surface area contributed by atoms with Crippen molar-refractivity contribution in [3.05, 3.63) is 59.7 Å². The minimum Gasteiger partial charge on any atom is -0.445 e. The van der Waals surface area contributed by atoms with Gasteiger partial charge in [0.2, 0.25) is 0 Å². The predicted molar refractivity (Wildman–Crippen MR) is 168 cm³/mol. The summed E-state index contributed by atoms with van der Waals surface area (Å²) >= 11 is 0. The Bertz CT molecular complexity index is 1230. The number of amides is 2. The maximum Gasteiger partial charge on any atom is 0.410 e. The predicted octanol–water partition coefficient (Wildman–Crippen LogP) is 7.43. The number of anilines is 2. The maximum atomic E-state index is 13.3. The van der Waals surface area contributed by atoms with Crippen molar-refractivity contribution in [1.29, 1.82) is 0 Å². The van der Waals surface area contributed by atoms with E-state index in [2.05, 4.69) is 33.0 Å². The van der Waals surface area contributed by atoms with Gasteiger partial charge in [-0.2, -0.15) is 0 Å². The van der Waals surface area contributed by atoms with Gasteiger partial charge in [-0.3, -0.25) is 0 Å². The number of likely N-dealkylation sites (tertiary alicyclic amines) is 1. The largest absolute Gasteiger partial charge is 0.445 e. The first-order chi connectivity index (χ1) is 19.6. The molecule has 3 N–H and O–H groups in total. The molecule has 42 heavy (non-hydrogen) atoms. The van der Waals surface area contributed by atoms with Crippen LogP contribution in [0.3, 0.4) is 0 Å². The lowest BCUT2D eigenvalue weighted by Crippen LogP contribution is -2.56. The molecule has 2 aromatic carbocycles. The fourth-order valence-corrected chi connectivity index (χ4v) is 6.00. The van der Waals surface area contributed by atoms with Crippen molar-refractivity contribution >= 4 is 23.6 Å². The quantitative estimate of drug-likeness (QED) is 0.332. The summed E-state index contributed by atoms with van der Waals surface area (Å²) in [7, 11) is 0. The van der Waals surface area contributed by atoms with Gasteiger partial charge in [0.15, 0.2) is 0 Å². The van der Waals surface area contributed by atoms with Gasteiger partial charge in [0.1, 0.15) is 12.2 Å². The van der Waals surface area contributed by atoms with Gasteiger partial charge >= 0.3 is 12.2 Å². The van der Waals surface area contributed by atoms with Crippen LogP contribution in [0.15, 0.2) is 48.5 Å². The zero-order chi connectivity index (χ0) is 30.7. The Morgan fingerprint density at radius 1 is 1.07 bits per heavy atom. The average molecular weight is 579 g/mol. The molecular weight excluding hydrogens is 528 g/mol. The van der Waals surface area contributed by atoms with Gasteiger partial charge in [0.05, 0.1) is 11.4 Å². The van der Waals surface area contributed by atoms with Gasteiger partial charge in [-0.25, -0.2) is 9.59 Å². The summed E-state index contributed by atoms with van der Waals surface area (Å²) in [4.78, 5) is 29.6. The molecule has 1 aliphatic heterocycles. The molecule has 1 saturated carbocycles. The Morgan fingerprint density at radius 3 is 2.38 bits per heavy atom. The molecule has 2 aromatic rings. The van der Waals surface area contributed by atoms with E-state index in [0.717, 1.165) is 55.6 Å². The van der Waals surface area contributed by atoms with Crippen LogP contribution in [0.1, 0.15) is 85.3 Å². The van der Waals surface area contributed by atoms with Gasteiger partial charge < -0.3 is 30.3 Å². The summed E-state index contributed by atoms with van der Waals surface area (Å²) in [5.74, 6) is 0. The van der Waals surface area contributed by atoms with E-state index in [1.807, 2.05) is 74.2 Å². The van der Waals surface area contributed by atoms with Crippen molar-refractivity contribution in [3.8, 4) is 0 Å². The van der Waals surface area contributed by atoms with Crippen molar-refractivity contribution in [3.63, 3.8) is 0 Å². The second-order valence-corrected chi connectivity index (χ2v) is 14.4. The lowest BCUT2D eigenvalue weighted by molar-refractivity contribution is -0.0191. The molecule has 1 spiro atoms. The summed E-state index contributed by atoms with van der Waals surface area (Å²) in [6.07, 6.45) is 3.57. The SMILES string of the molecule is C[C@H](N(Cc1ccc(NC2CC3(CCCN(C(=O)OC(C)(C)C)C3)C2)c(N)c1)C(=O)OCc1ccccc1)C(C)(C)C. The van der Waals surface area contributed by atoms with Gasteiger partial charge in [0.25, 0.3) is 0 Å². The highest BCUT2D eigenvalue weighted by Crippen LogP contribution is 2.49. The highest BCUT2D eigenvalue weighted by molar-refractivity contribution is 5.70. The molecule has 0 bridgehead atoms. The summed E-state index contributed by atoms with van der Waals surface area (Å²) in [6, 6.07) is 16.0. The number of carbonyl (C=O) groups is 2. The minimum absolute atomic E-state index is 0.0540. The van der Waals surface area contributed by atoms with E-state index in [1.165, 1.54) is 0 Å². The fraction of sp³-hybridized carbons (Fsp3) is 0.588. The van der Waals surface area contributed by atoms with E-state index >= 15 is 0 Å². The molecule has 1 heterocycles. The van der Waals surface area contributed by atoms with E-state index in [9.17, 15) is 9.59 Å². The maximum absolute atomic E-state index is 13.3. The topological polar surface area (TPSA) is 97.1 Å². The molecule has 4 rings (SSSR count). The number of piperidine rings is 1. The molecule has 0 aromatic heterocycles. The zero-order valence-corrected chi connectivity index (χ0v) is 26.5. The number of ether oxygens (including phenoxy) is 2. The molecule has 8 heteroatoms. The standard InChI is InChI=1S/C34H50N4O4/c1-24(32(2,3)4)38(31(40)41-22-25-12-9-8-10-13-25)21-26-14-15-29(28(35)18-26)36-27-19-34(20-27)16-11-17-37(23-34)30(39)42-33(5,6)7/h8-10,12-15,18,24,27,36H,11,16-17,19-23,35H2,1-7H3/t24-,27?,34?/m0/s1. The summed E-state index contributed by atoms with van der Waals surface area (Å²) < 4.78 is 11.3. The van der Waals surface area contributed by atoms with Crippen LogP contribution < -0.4 is 11.1 Å². The lowest BCUT2D eigenvalue weighted by Gasteiger charge is -2.53. The monoisotopic (exact) mass is 578 g/mol. The van der Waals surface area contributed by atoms with Crippen LogP contribution in [0.5, 0.6) is 0 Å². The third-order valence-corrected chi connectivity index (χ3v) is 8.66. The number of carbonyl (C=O) groups excluding carboxylic acids is 2. The third kappa shape index (κ3) is 8.11. The molecule has 0 unspecified atom stereocenters. The van der Waals surface area contributed by atoms with Crippen LogP contribution >= 0.6 is 0 Å². The highest BCUT2D eigenvalue weighted by Gasteiger charge is 2.48. The summed E-state index contributed by atoms with van der Waals surface area (Å²) in [6.45, 7) is 16.3. The van der Waals surface area contributed by atoms with Crippen molar-refractivity contribution in [2.45, 2.75) is 105 Å². The molecule has 1 atom stereocenters. The van der Waals surface area contributed by atoms with Crippen LogP contribution in [0.2, 0.25) is 0 Å². The van der Waals surface area contributed by atoms with E-state index in [1.54, 1.807) is 4.90 Å². The van der Waals surface area contributed by atoms with E-state index < -0.39 is 5.60 Å². The second-order valence-electron chi connectivity index (χ2n) is 14.4. The number of rotatable bonds is 7. The Hall–Kier alpha value is -3.42. The van der Waals surface area contributed by atoms with E-state index in [-0.39, 0.29) is 35.7 Å². The van der Waals surface area contributed by atoms with Crippen molar-refractivity contribution in [1.82, 2.24) is 9.80 Å². The van der Waals surface area contributed by atoms with Gasteiger partial charge in [-0.1, -0.05) is 57.2 Å². The number of nitrogens with two attached hydrogens (primary N) is 1. The summed E-state index contributed by atoms with van der Waals surface area (Å²) in [5, 5.41) is 3.62. The number of benzene rings is 2. The molecular formula is C34H50N4O4. The second kappa shape index (κ2) is 12.4. The molecule has 2 amide bonds. The molecule has 0 radical (unpaired) electrons. The first-order valence-electron chi connectivity index (χ1n) is 15.2. The molecule has 1 aliphatic carbocycles. The number of nitrogens with zero attached hydrogens (tertiary/aromatic N) is 2. The fourth-order valence-electron chi connectivity index (χ4n) is 6.00. The normalized spacial score (nSPS) is 21.3. The number of hydrogen-bond donors (Lipinski definition) is 2. The summed E-state index contributed by atoms with van der Waals surface area (Å²) in [5.41, 5.74) is 9.52. The van der Waals surface area contributed by atoms with Crippen molar-refractivity contribution in [2.75, 3.05) is 24.1 Å². The van der Waals surface area contributed by atoms with Crippen LogP contribution in [-0.2, 0) is 22.6 Å². The Labute approximate surface area is 251 Å². The molecule has 8 nitrogen and oxygen atoms in total.